The number of rotatable bonds is 62. The van der Waals surface area contributed by atoms with E-state index < -0.39 is 6.10 Å². The van der Waals surface area contributed by atoms with Crippen LogP contribution in [0.15, 0.2) is 85.1 Å². The topological polar surface area (TPSA) is 78.9 Å². The third-order valence-electron chi connectivity index (χ3n) is 14.9. The molecule has 0 fully saturated rings. The van der Waals surface area contributed by atoms with Gasteiger partial charge in [0, 0.05) is 19.3 Å². The van der Waals surface area contributed by atoms with E-state index in [0.717, 1.165) is 128 Å². The lowest BCUT2D eigenvalue weighted by molar-refractivity contribution is -0.167. The highest BCUT2D eigenvalue weighted by Crippen LogP contribution is 2.18. The lowest BCUT2D eigenvalue weighted by atomic mass is 10.0. The lowest BCUT2D eigenvalue weighted by Gasteiger charge is -2.18. The fourth-order valence-corrected chi connectivity index (χ4v) is 9.80. The van der Waals surface area contributed by atoms with Crippen LogP contribution in [0.4, 0.5) is 0 Å². The summed E-state index contributed by atoms with van der Waals surface area (Å²) in [6.45, 7) is 6.48. The summed E-state index contributed by atoms with van der Waals surface area (Å²) in [6.07, 6.45) is 89.1. The minimum Gasteiger partial charge on any atom is -0.462 e. The third kappa shape index (κ3) is 65.3. The Morgan fingerprint density at radius 3 is 0.835 bits per heavy atom. The van der Waals surface area contributed by atoms with Crippen LogP contribution in [-0.4, -0.2) is 37.2 Å². The van der Waals surface area contributed by atoms with Gasteiger partial charge >= 0.3 is 17.9 Å². The Labute approximate surface area is 490 Å². The SMILES string of the molecule is CC/C=C\C/C=C\C/C=C\C/C=C\C/C=C\C/C=C\CCCCCCC(=O)OC(COC(=O)CCCCCCC/C=C\CCC)COC(=O)CCCCCCCCCCCCCCCCCCCCCCCCCCCCCC. The van der Waals surface area contributed by atoms with Gasteiger partial charge in [-0.05, 0) is 89.9 Å². The van der Waals surface area contributed by atoms with Crippen molar-refractivity contribution in [2.24, 2.45) is 0 Å². The molecule has 456 valence electrons. The number of esters is 3. The minimum atomic E-state index is -0.794. The van der Waals surface area contributed by atoms with Crippen molar-refractivity contribution < 1.29 is 28.6 Å². The molecule has 0 saturated carbocycles. The molecule has 1 atom stereocenters. The molecule has 0 aliphatic carbocycles. The van der Waals surface area contributed by atoms with Crippen molar-refractivity contribution >= 4 is 17.9 Å². The molecule has 0 bridgehead atoms. The quantitative estimate of drug-likeness (QED) is 0.0261. The molecule has 0 rings (SSSR count). The van der Waals surface area contributed by atoms with Crippen LogP contribution in [-0.2, 0) is 28.6 Å². The molecule has 0 aromatic heterocycles. The molecule has 0 saturated heterocycles. The zero-order valence-corrected chi connectivity index (χ0v) is 52.4. The summed E-state index contributed by atoms with van der Waals surface area (Å²) < 4.78 is 16.9. The molecule has 1 unspecified atom stereocenters. The van der Waals surface area contributed by atoms with Crippen molar-refractivity contribution in [3.8, 4) is 0 Å². The van der Waals surface area contributed by atoms with Crippen LogP contribution in [0.2, 0.25) is 0 Å². The van der Waals surface area contributed by atoms with E-state index in [0.29, 0.717) is 19.3 Å². The summed E-state index contributed by atoms with van der Waals surface area (Å²) in [5.74, 6) is -0.910. The highest BCUT2D eigenvalue weighted by Gasteiger charge is 2.19. The molecule has 0 N–H and O–H groups in total. The number of allylic oxidation sites excluding steroid dienone is 14. The van der Waals surface area contributed by atoms with Crippen LogP contribution in [0.1, 0.15) is 342 Å². The molecule has 0 aliphatic rings. The Morgan fingerprint density at radius 1 is 0.266 bits per heavy atom. The Kier molecular flexibility index (Phi) is 64.2. The predicted octanol–water partition coefficient (Wildman–Crippen LogP) is 23.4. The molecule has 79 heavy (non-hydrogen) atoms. The summed E-state index contributed by atoms with van der Waals surface area (Å²) in [5.41, 5.74) is 0. The first kappa shape index (κ1) is 75.6. The van der Waals surface area contributed by atoms with Crippen molar-refractivity contribution in [1.82, 2.24) is 0 Å². The second-order valence-corrected chi connectivity index (χ2v) is 22.7. The van der Waals surface area contributed by atoms with Crippen molar-refractivity contribution in [1.29, 1.82) is 0 Å². The van der Waals surface area contributed by atoms with E-state index in [1.165, 1.54) is 173 Å². The van der Waals surface area contributed by atoms with E-state index in [1.54, 1.807) is 0 Å². The van der Waals surface area contributed by atoms with E-state index >= 15 is 0 Å². The second kappa shape index (κ2) is 67.1. The van der Waals surface area contributed by atoms with Crippen LogP contribution in [0.5, 0.6) is 0 Å². The summed E-state index contributed by atoms with van der Waals surface area (Å²) in [7, 11) is 0. The van der Waals surface area contributed by atoms with Crippen molar-refractivity contribution in [2.45, 2.75) is 348 Å². The zero-order chi connectivity index (χ0) is 57.1. The van der Waals surface area contributed by atoms with E-state index in [2.05, 4.69) is 106 Å². The molecule has 0 spiro atoms. The summed E-state index contributed by atoms with van der Waals surface area (Å²) in [4.78, 5) is 38.3. The van der Waals surface area contributed by atoms with Crippen molar-refractivity contribution in [3.05, 3.63) is 85.1 Å². The van der Waals surface area contributed by atoms with E-state index in [9.17, 15) is 14.4 Å². The van der Waals surface area contributed by atoms with Crippen LogP contribution < -0.4 is 0 Å². The van der Waals surface area contributed by atoms with Gasteiger partial charge in [-0.1, -0.05) is 318 Å². The fourth-order valence-electron chi connectivity index (χ4n) is 9.80. The van der Waals surface area contributed by atoms with Gasteiger partial charge in [0.15, 0.2) is 6.10 Å². The van der Waals surface area contributed by atoms with Crippen molar-refractivity contribution in [2.75, 3.05) is 13.2 Å². The van der Waals surface area contributed by atoms with Gasteiger partial charge in [-0.2, -0.15) is 0 Å². The number of carbonyl (C=O) groups is 3. The van der Waals surface area contributed by atoms with Gasteiger partial charge in [0.2, 0.25) is 0 Å². The molecule has 0 radical (unpaired) electrons. The molecular weight excluding hydrogens is 973 g/mol. The van der Waals surface area contributed by atoms with Gasteiger partial charge in [-0.15, -0.1) is 0 Å². The number of ether oxygens (including phenoxy) is 3. The predicted molar refractivity (Wildman–Crippen MR) is 344 cm³/mol. The maximum absolute atomic E-state index is 12.9. The monoisotopic (exact) mass is 1100 g/mol. The summed E-state index contributed by atoms with van der Waals surface area (Å²) in [6, 6.07) is 0. The summed E-state index contributed by atoms with van der Waals surface area (Å²) >= 11 is 0. The molecule has 0 heterocycles. The first-order valence-electron chi connectivity index (χ1n) is 34.1. The van der Waals surface area contributed by atoms with Gasteiger partial charge in [0.25, 0.3) is 0 Å². The van der Waals surface area contributed by atoms with Crippen LogP contribution in [0, 0.1) is 0 Å². The standard InChI is InChI=1S/C73H128O6/c1-4-7-10-13-16-19-22-24-26-28-30-32-34-35-36-37-38-40-41-43-45-47-49-51-54-57-60-63-66-72(75)78-69-70(68-77-71(74)65-62-59-56-53-21-18-15-12-9-6-3)79-73(76)67-64-61-58-55-52-50-48-46-44-42-39-33-31-29-27-25-23-20-17-14-11-8-5-2/h8,11-12,15,17,20,25,27,31,33,42,44,48,50,70H,4-7,9-10,13-14,16,18-19,21-24,26,28-30,32,34-41,43,45-47,49,51-69H2,1-3H3/b11-8-,15-12-,20-17-,27-25-,33-31-,44-42-,50-48-. The van der Waals surface area contributed by atoms with E-state index in [-0.39, 0.29) is 31.1 Å². The Morgan fingerprint density at radius 2 is 0.519 bits per heavy atom. The molecule has 0 aromatic carbocycles. The van der Waals surface area contributed by atoms with Gasteiger partial charge in [0.1, 0.15) is 13.2 Å². The average Bonchev–Trinajstić information content (AvgIpc) is 3.45. The highest BCUT2D eigenvalue weighted by molar-refractivity contribution is 5.71. The van der Waals surface area contributed by atoms with Gasteiger partial charge in [-0.3, -0.25) is 14.4 Å². The molecule has 0 aliphatic heterocycles. The minimum absolute atomic E-state index is 0.0873. The normalized spacial score (nSPS) is 12.6. The van der Waals surface area contributed by atoms with Gasteiger partial charge in [-0.25, -0.2) is 0 Å². The Balaban J connectivity index is 4.21. The maximum Gasteiger partial charge on any atom is 0.306 e. The molecule has 0 amide bonds. The maximum atomic E-state index is 12.9. The van der Waals surface area contributed by atoms with E-state index in [4.69, 9.17) is 14.2 Å². The van der Waals surface area contributed by atoms with Crippen LogP contribution >= 0.6 is 0 Å². The third-order valence-corrected chi connectivity index (χ3v) is 14.9. The van der Waals surface area contributed by atoms with Crippen molar-refractivity contribution in [3.63, 3.8) is 0 Å². The zero-order valence-electron chi connectivity index (χ0n) is 52.4. The first-order valence-corrected chi connectivity index (χ1v) is 34.1. The lowest BCUT2D eigenvalue weighted by Crippen LogP contribution is -2.30. The highest BCUT2D eigenvalue weighted by atomic mass is 16.6. The van der Waals surface area contributed by atoms with Crippen LogP contribution in [0.3, 0.4) is 0 Å². The Bertz CT molecular complexity index is 1500. The van der Waals surface area contributed by atoms with Gasteiger partial charge in [0.05, 0.1) is 0 Å². The number of hydrogen-bond donors (Lipinski definition) is 0. The molecular formula is C73H128O6. The fraction of sp³-hybridized carbons (Fsp3) is 0.767. The number of carbonyl (C=O) groups excluding carboxylic acids is 3. The smallest absolute Gasteiger partial charge is 0.306 e. The average molecular weight is 1100 g/mol. The number of hydrogen-bond acceptors (Lipinski definition) is 6. The second-order valence-electron chi connectivity index (χ2n) is 22.7. The summed E-state index contributed by atoms with van der Waals surface area (Å²) in [5, 5.41) is 0. The molecule has 6 nitrogen and oxygen atoms in total. The number of unbranched alkanes of at least 4 members (excludes halogenated alkanes) is 37. The molecule has 6 heteroatoms. The van der Waals surface area contributed by atoms with Gasteiger partial charge < -0.3 is 14.2 Å². The Hall–Kier alpha value is -3.41. The van der Waals surface area contributed by atoms with Crippen LogP contribution in [0.25, 0.3) is 0 Å². The largest absolute Gasteiger partial charge is 0.462 e. The first-order chi connectivity index (χ1) is 39.0. The molecule has 0 aromatic rings. The van der Waals surface area contributed by atoms with E-state index in [1.807, 2.05) is 0 Å².